The second-order valence-electron chi connectivity index (χ2n) is 37.7. The van der Waals surface area contributed by atoms with Crippen LogP contribution in [0, 0.1) is 64.1 Å². The van der Waals surface area contributed by atoms with Crippen molar-refractivity contribution in [1.29, 1.82) is 0 Å². The molecule has 21 rings (SSSR count). The molecule has 10 nitrogen and oxygen atoms in total. The third-order valence-corrected chi connectivity index (χ3v) is 27.3. The first-order chi connectivity index (χ1) is 65.9. The Balaban J connectivity index is 0.00000608. The Morgan fingerprint density at radius 2 is 0.406 bits per heavy atom. The number of hydrogen-bond acceptors (Lipinski definition) is 10. The van der Waals surface area contributed by atoms with Gasteiger partial charge < -0.3 is 38.6 Å². The first kappa shape index (κ1) is 93.1. The van der Waals surface area contributed by atoms with Crippen molar-refractivity contribution < 1.29 is 58.8 Å². The predicted molar refractivity (Wildman–Crippen MR) is 554 cm³/mol. The van der Waals surface area contributed by atoms with Gasteiger partial charge in [0, 0.05) is 24.8 Å². The second-order valence-corrected chi connectivity index (χ2v) is 37.7. The van der Waals surface area contributed by atoms with Gasteiger partial charge in [-0.05, 0) is 256 Å². The van der Waals surface area contributed by atoms with Crippen LogP contribution in [0.15, 0.2) is 365 Å². The van der Waals surface area contributed by atoms with Crippen LogP contribution in [0.4, 0.5) is 0 Å². The molecule has 14 heteroatoms. The predicted octanol–water partition coefficient (Wildman–Crippen LogP) is 28.7. The maximum Gasteiger partial charge on any atom is 3.00 e. The molecule has 0 bridgehead atoms. The van der Waals surface area contributed by atoms with Gasteiger partial charge in [0.15, 0.2) is 0 Å². The van der Waals surface area contributed by atoms with E-state index >= 15 is 0 Å². The van der Waals surface area contributed by atoms with Gasteiger partial charge in [-0.2, -0.15) is 0 Å². The van der Waals surface area contributed by atoms with Gasteiger partial charge in [-0.1, -0.05) is 253 Å². The monoisotopic (exact) mass is 2140 g/mol. The van der Waals surface area contributed by atoms with E-state index in [0.29, 0.717) is 11.4 Å². The molecule has 0 saturated carbocycles. The maximum absolute atomic E-state index is 6.89. The number of pyridine rings is 4. The zero-order valence-corrected chi connectivity index (χ0v) is 83.6. The van der Waals surface area contributed by atoms with Crippen molar-refractivity contribution in [1.82, 2.24) is 29.9 Å². The van der Waals surface area contributed by atoms with Crippen molar-refractivity contribution in [2.45, 2.75) is 105 Å². The molecule has 19 aromatic rings. The molecule has 2 saturated heterocycles. The Bertz CT molecular complexity index is 6990. The summed E-state index contributed by atoms with van der Waals surface area (Å²) in [6, 6.07) is 141. The van der Waals surface area contributed by atoms with Crippen molar-refractivity contribution in [2.75, 3.05) is 0 Å². The van der Waals surface area contributed by atoms with Crippen LogP contribution in [0.25, 0.3) is 201 Å². The number of aromatic nitrogens is 6. The van der Waals surface area contributed by atoms with Gasteiger partial charge in [-0.3, -0.25) is 9.97 Å². The maximum atomic E-state index is 6.89. The van der Waals surface area contributed by atoms with Gasteiger partial charge in [0.1, 0.15) is 0 Å². The fourth-order valence-corrected chi connectivity index (χ4v) is 18.4. The summed E-state index contributed by atoms with van der Waals surface area (Å²) in [5, 5.41) is 0. The van der Waals surface area contributed by atoms with Crippen LogP contribution < -0.4 is 10.9 Å². The number of rotatable bonds is 20. The summed E-state index contributed by atoms with van der Waals surface area (Å²) in [6.45, 7) is 25.2. The van der Waals surface area contributed by atoms with E-state index in [4.69, 9.17) is 48.5 Å². The minimum Gasteiger partial charge on any atom is -0.399 e. The van der Waals surface area contributed by atoms with Crippen molar-refractivity contribution >= 4 is 25.2 Å². The smallest absolute Gasteiger partial charge is 0.399 e. The molecule has 0 amide bonds. The average molecular weight is 2140 g/mol. The van der Waals surface area contributed by atoms with Crippen LogP contribution in [0.2, 0.25) is 0 Å². The third-order valence-electron chi connectivity index (χ3n) is 27.3. The largest absolute Gasteiger partial charge is 3.00 e. The van der Waals surface area contributed by atoms with Crippen LogP contribution in [-0.4, -0.2) is 66.5 Å². The Hall–Kier alpha value is -14.0. The molecular weight excluding hydrogens is 2040 g/mol. The van der Waals surface area contributed by atoms with Crippen LogP contribution in [-0.2, 0) is 58.8 Å². The molecule has 0 aliphatic carbocycles. The van der Waals surface area contributed by atoms with Crippen molar-refractivity contribution in [3.05, 3.63) is 423 Å². The molecule has 2 fully saturated rings. The molecule has 7 heterocycles. The number of benzene rings is 14. The number of aryl methyl sites for hydroxylation is 4. The number of hydrogen-bond donors (Lipinski definition) is 0. The quantitative estimate of drug-likeness (QED) is 0.0540. The van der Waals surface area contributed by atoms with Crippen molar-refractivity contribution in [2.24, 2.45) is 0 Å². The molecule has 0 N–H and O–H groups in total. The molecule has 138 heavy (non-hydrogen) atoms. The molecule has 2 aliphatic rings. The fraction of sp³-hybridized carbons (Fsp3) is 0.129. The Morgan fingerprint density at radius 1 is 0.203 bits per heavy atom. The molecule has 14 aromatic carbocycles. The summed E-state index contributed by atoms with van der Waals surface area (Å²) < 4.78 is 27.6. The Morgan fingerprint density at radius 3 is 0.616 bits per heavy atom. The van der Waals surface area contributed by atoms with Crippen molar-refractivity contribution in [3.63, 3.8) is 0 Å². The summed E-state index contributed by atoms with van der Waals surface area (Å²) >= 11 is 0. The molecule has 0 unspecified atom stereocenters. The van der Waals surface area contributed by atoms with Gasteiger partial charge in [-0.15, -0.1) is 179 Å². The summed E-state index contributed by atoms with van der Waals surface area (Å²) in [5.74, 6) is 0. The molecule has 2 aliphatic heterocycles. The molecule has 5 aromatic heterocycles. The van der Waals surface area contributed by atoms with E-state index in [0.717, 1.165) is 223 Å². The third kappa shape index (κ3) is 18.8. The summed E-state index contributed by atoms with van der Waals surface area (Å²) in [4.78, 5) is 28.7. The molecule has 0 radical (unpaired) electrons. The standard InChI is InChI=1S/C124H96B2N6O4.2Ir/c1-79-57-61-127-115(65-79)89-41-29-83(30-42-89)103-21-13-17-25-107(103)95-69-96(108-26-18-14-22-104(108)84-31-43-90(44-32-84)116-66-80(2)58-62-128-116)72-99(71-95)113-75-101(125-133-121(5,6)122(7,8)134-125)53-55-111(113)87-37-49-93(50-38-87)119-77-120(132-78-131-119)94-51-39-88(40-52-94)112-56-54-102(126-135-123(9,10)124(11,12)136-126)76-114(112)100-73-97(109-27-19-15-23-105(109)85-33-45-91(46-34-85)117-67-81(3)59-63-129-117)70-98(74-100)110-28-20-16-24-106(110)86-35-47-92(48-36-86)118-68-82(4)60-64-130-118;;/h13-41,43,45,47,49,51,53-78H,1-12H3;;/q-6;2*+3. The van der Waals surface area contributed by atoms with E-state index < -0.39 is 36.6 Å². The van der Waals surface area contributed by atoms with E-state index in [1.165, 1.54) is 0 Å². The topological polar surface area (TPSA) is 114 Å². The fourth-order valence-electron chi connectivity index (χ4n) is 18.4. The van der Waals surface area contributed by atoms with Crippen LogP contribution in [0.1, 0.15) is 77.6 Å². The first-order valence-corrected chi connectivity index (χ1v) is 46.3. The van der Waals surface area contributed by atoms with E-state index in [2.05, 4.69) is 423 Å². The van der Waals surface area contributed by atoms with Gasteiger partial charge in [0.2, 0.25) is 0 Å². The summed E-state index contributed by atoms with van der Waals surface area (Å²) in [6.07, 6.45) is 9.06. The minimum absolute atomic E-state index is 0. The number of nitrogens with zero attached hydrogens (tertiary/aromatic N) is 6. The van der Waals surface area contributed by atoms with E-state index in [1.54, 1.807) is 6.33 Å². The Kier molecular flexibility index (Phi) is 26.0. The molecule has 0 spiro atoms. The van der Waals surface area contributed by atoms with Crippen LogP contribution in [0.5, 0.6) is 0 Å². The Labute approximate surface area is 837 Å². The van der Waals surface area contributed by atoms with E-state index in [1.807, 2.05) is 55.1 Å². The van der Waals surface area contributed by atoms with Crippen molar-refractivity contribution in [3.8, 4) is 201 Å². The normalized spacial score (nSPS) is 13.9. The zero-order valence-electron chi connectivity index (χ0n) is 78.8. The van der Waals surface area contributed by atoms with Gasteiger partial charge in [0.05, 0.1) is 28.7 Å². The second kappa shape index (κ2) is 38.5. The van der Waals surface area contributed by atoms with E-state index in [9.17, 15) is 0 Å². The molecular formula is C124H96B2Ir2N6O4. The van der Waals surface area contributed by atoms with Crippen LogP contribution in [0.3, 0.4) is 0 Å². The van der Waals surface area contributed by atoms with Gasteiger partial charge >= 0.3 is 54.4 Å². The first-order valence-electron chi connectivity index (χ1n) is 46.3. The molecule has 0 atom stereocenters. The average Bonchev–Trinajstić information content (AvgIpc) is 1.31. The van der Waals surface area contributed by atoms with Crippen LogP contribution >= 0.6 is 0 Å². The molecule has 670 valence electrons. The van der Waals surface area contributed by atoms with E-state index in [-0.39, 0.29) is 40.2 Å². The zero-order chi connectivity index (χ0) is 93.1. The van der Waals surface area contributed by atoms with Gasteiger partial charge in [-0.25, -0.2) is 0 Å². The SMILES string of the molecule is Cc1ccnc(-c2[c-]cc(-c3ccccc3-c3cc(-c4ccccc4-c4c[c-]c(-c5cc(C)ccn5)cc4)cc(-c4cc(B5OC(C)(C)C(C)(C)O5)ccc4-c4c[c-]c(-c5cc(-c6[c-]cc(-c7ccc(B8OC(C)(C)C(C)(C)O8)cc7-c7cc(-c8ccccc8-c8c[c-]c(-c9cc(C)ccn9)cc8)cc(-c8ccccc8-c8c[c-]c(-c9cc(C)ccn9)cc8)c7)cc6)ncn5)cc4)c3)cc2)c1.[Ir+3].[Ir+3]. The summed E-state index contributed by atoms with van der Waals surface area (Å²) in [5.41, 5.74) is 38.9. The van der Waals surface area contributed by atoms with Gasteiger partial charge in [0.25, 0.3) is 0 Å². The minimum atomic E-state index is -0.643. The summed E-state index contributed by atoms with van der Waals surface area (Å²) in [7, 11) is -1.29.